The number of para-hydroxylation sites is 1. The minimum absolute atomic E-state index is 0.0504. The van der Waals surface area contributed by atoms with Crippen molar-refractivity contribution >= 4 is 15.7 Å². The zero-order valence-corrected chi connectivity index (χ0v) is 13.1. The van der Waals surface area contributed by atoms with Crippen LogP contribution in [0.25, 0.3) is 0 Å². The van der Waals surface area contributed by atoms with Gasteiger partial charge < -0.3 is 4.74 Å². The Bertz CT molecular complexity index is 814. The maximum Gasteiger partial charge on any atom is 0.264 e. The normalized spacial score (nSPS) is 23.4. The van der Waals surface area contributed by atoms with E-state index in [0.717, 1.165) is 23.2 Å². The van der Waals surface area contributed by atoms with Crippen molar-refractivity contribution in [3.8, 4) is 0 Å². The Labute approximate surface area is 130 Å². The minimum Gasteiger partial charge on any atom is -0.364 e. The second kappa shape index (κ2) is 4.83. The molecule has 0 saturated carbocycles. The largest absolute Gasteiger partial charge is 0.364 e. The Balaban J connectivity index is 1.81. The fourth-order valence-electron chi connectivity index (χ4n) is 3.04. The number of anilines is 1. The van der Waals surface area contributed by atoms with E-state index in [1.165, 1.54) is 4.31 Å². The van der Waals surface area contributed by atoms with Crippen LogP contribution >= 0.6 is 0 Å². The zero-order chi connectivity index (χ0) is 15.3. The summed E-state index contributed by atoms with van der Waals surface area (Å²) < 4.78 is 33.2. The van der Waals surface area contributed by atoms with Crippen LogP contribution in [0.15, 0.2) is 53.4 Å². The quantitative estimate of drug-likeness (QED) is 0.800. The monoisotopic (exact) mass is 315 g/mol. The van der Waals surface area contributed by atoms with Crippen LogP contribution in [0.4, 0.5) is 5.69 Å². The second-order valence-electron chi connectivity index (χ2n) is 5.83. The second-order valence-corrected chi connectivity index (χ2v) is 7.70. The molecule has 114 valence electrons. The number of benzene rings is 2. The van der Waals surface area contributed by atoms with E-state index in [2.05, 4.69) is 0 Å². The number of hydrogen-bond donors (Lipinski definition) is 0. The maximum absolute atomic E-state index is 13.0. The minimum atomic E-state index is -3.54. The average Bonchev–Trinajstić information content (AvgIpc) is 3.27. The molecule has 0 amide bonds. The lowest BCUT2D eigenvalue weighted by atomic mass is 10.1. The van der Waals surface area contributed by atoms with Gasteiger partial charge in [0, 0.05) is 12.1 Å². The van der Waals surface area contributed by atoms with Gasteiger partial charge >= 0.3 is 0 Å². The summed E-state index contributed by atoms with van der Waals surface area (Å²) in [4.78, 5) is 0.337. The van der Waals surface area contributed by atoms with E-state index in [1.54, 1.807) is 12.1 Å². The highest BCUT2D eigenvalue weighted by atomic mass is 32.2. The van der Waals surface area contributed by atoms with Gasteiger partial charge in [-0.3, -0.25) is 4.31 Å². The van der Waals surface area contributed by atoms with Gasteiger partial charge in [0.2, 0.25) is 0 Å². The summed E-state index contributed by atoms with van der Waals surface area (Å²) in [6, 6.07) is 14.6. The van der Waals surface area contributed by atoms with E-state index >= 15 is 0 Å². The van der Waals surface area contributed by atoms with Crippen molar-refractivity contribution < 1.29 is 13.2 Å². The molecule has 2 aliphatic rings. The van der Waals surface area contributed by atoms with Gasteiger partial charge in [-0.1, -0.05) is 35.9 Å². The lowest BCUT2D eigenvalue weighted by Gasteiger charge is -2.25. The molecule has 5 heteroatoms. The van der Waals surface area contributed by atoms with Crippen molar-refractivity contribution in [2.45, 2.75) is 30.4 Å². The molecule has 1 unspecified atom stereocenters. The van der Waals surface area contributed by atoms with Crippen molar-refractivity contribution in [3.63, 3.8) is 0 Å². The molecular formula is C17H17NO3S. The van der Waals surface area contributed by atoms with E-state index < -0.39 is 10.0 Å². The molecule has 1 saturated heterocycles. The molecule has 2 aromatic rings. The van der Waals surface area contributed by atoms with Gasteiger partial charge in [0.1, 0.15) is 6.10 Å². The lowest BCUT2D eigenvalue weighted by Crippen LogP contribution is -2.32. The van der Waals surface area contributed by atoms with E-state index in [4.69, 9.17) is 4.74 Å². The number of rotatable bonds is 2. The topological polar surface area (TPSA) is 49.9 Å². The molecule has 0 spiro atoms. The Morgan fingerprint density at radius 2 is 1.82 bits per heavy atom. The molecule has 0 N–H and O–H groups in total. The van der Waals surface area contributed by atoms with Gasteiger partial charge in [0.25, 0.3) is 10.0 Å². The predicted octanol–water partition coefficient (Wildman–Crippen LogP) is 3.03. The smallest absolute Gasteiger partial charge is 0.264 e. The van der Waals surface area contributed by atoms with Crippen LogP contribution in [0.2, 0.25) is 0 Å². The summed E-state index contributed by atoms with van der Waals surface area (Å²) in [7, 11) is -3.54. The molecule has 2 heterocycles. The Hall–Kier alpha value is -1.85. The van der Waals surface area contributed by atoms with Crippen molar-refractivity contribution in [3.05, 3.63) is 59.7 Å². The summed E-state index contributed by atoms with van der Waals surface area (Å²) in [6.45, 7) is 2.40. The average molecular weight is 315 g/mol. The Morgan fingerprint density at radius 1 is 1.09 bits per heavy atom. The van der Waals surface area contributed by atoms with Crippen molar-refractivity contribution in [1.82, 2.24) is 0 Å². The number of aryl methyl sites for hydroxylation is 1. The number of ether oxygens (including phenoxy) is 1. The first-order valence-electron chi connectivity index (χ1n) is 7.41. The van der Waals surface area contributed by atoms with Gasteiger partial charge in [-0.15, -0.1) is 0 Å². The van der Waals surface area contributed by atoms with Gasteiger partial charge in [-0.25, -0.2) is 8.42 Å². The standard InChI is InChI=1S/C17H17NO3S/c1-12-6-8-13(9-7-12)22(19,20)18-11-10-16-17(21-16)14-4-2-3-5-15(14)18/h2-9,16-17H,10-11H2,1H3/t16-,17?/m1/s1. The summed E-state index contributed by atoms with van der Waals surface area (Å²) >= 11 is 0. The van der Waals surface area contributed by atoms with E-state index in [9.17, 15) is 8.42 Å². The molecular weight excluding hydrogens is 298 g/mol. The maximum atomic E-state index is 13.0. The highest BCUT2D eigenvalue weighted by molar-refractivity contribution is 7.92. The van der Waals surface area contributed by atoms with Gasteiger partial charge in [0.05, 0.1) is 16.7 Å². The van der Waals surface area contributed by atoms with E-state index in [1.807, 2.05) is 43.3 Å². The Morgan fingerprint density at radius 3 is 2.59 bits per heavy atom. The van der Waals surface area contributed by atoms with Gasteiger partial charge in [0.15, 0.2) is 0 Å². The molecule has 2 atom stereocenters. The van der Waals surface area contributed by atoms with Gasteiger partial charge in [-0.05, 0) is 31.5 Å². The fraction of sp³-hybridized carbons (Fsp3) is 0.294. The van der Waals surface area contributed by atoms with Crippen molar-refractivity contribution in [1.29, 1.82) is 0 Å². The number of epoxide rings is 1. The SMILES string of the molecule is Cc1ccc(S(=O)(=O)N2CC[C@H]3OC3c3ccccc32)cc1. The number of hydrogen-bond acceptors (Lipinski definition) is 3. The number of sulfonamides is 1. The molecule has 0 radical (unpaired) electrons. The third-order valence-corrected chi connectivity index (χ3v) is 6.15. The first-order chi connectivity index (χ1) is 10.6. The molecule has 2 aromatic carbocycles. The molecule has 4 rings (SSSR count). The third-order valence-electron chi connectivity index (χ3n) is 4.32. The summed E-state index contributed by atoms with van der Waals surface area (Å²) in [5, 5.41) is 0. The van der Waals surface area contributed by atoms with E-state index in [0.29, 0.717) is 11.4 Å². The Kier molecular flexibility index (Phi) is 3.03. The van der Waals surface area contributed by atoms with Crippen LogP contribution in [0.5, 0.6) is 0 Å². The summed E-state index contributed by atoms with van der Waals surface area (Å²) in [5.41, 5.74) is 2.76. The molecule has 2 aliphatic heterocycles. The van der Waals surface area contributed by atoms with Crippen molar-refractivity contribution in [2.75, 3.05) is 10.8 Å². The van der Waals surface area contributed by atoms with Crippen LogP contribution in [0.3, 0.4) is 0 Å². The van der Waals surface area contributed by atoms with Gasteiger partial charge in [-0.2, -0.15) is 0 Å². The molecule has 22 heavy (non-hydrogen) atoms. The first-order valence-corrected chi connectivity index (χ1v) is 8.85. The molecule has 0 aliphatic carbocycles. The zero-order valence-electron chi connectivity index (χ0n) is 12.3. The predicted molar refractivity (Wildman–Crippen MR) is 84.4 cm³/mol. The molecule has 0 aromatic heterocycles. The van der Waals surface area contributed by atoms with Crippen LogP contribution in [-0.4, -0.2) is 21.1 Å². The lowest BCUT2D eigenvalue weighted by molar-refractivity contribution is 0.364. The van der Waals surface area contributed by atoms with Crippen LogP contribution < -0.4 is 4.31 Å². The number of nitrogens with zero attached hydrogens (tertiary/aromatic N) is 1. The van der Waals surface area contributed by atoms with Crippen LogP contribution in [0.1, 0.15) is 23.7 Å². The number of fused-ring (bicyclic) bond motifs is 3. The summed E-state index contributed by atoms with van der Waals surface area (Å²) in [5.74, 6) is 0. The highest BCUT2D eigenvalue weighted by Crippen LogP contribution is 2.48. The fourth-order valence-corrected chi connectivity index (χ4v) is 4.55. The first kappa shape index (κ1) is 13.8. The van der Waals surface area contributed by atoms with Crippen LogP contribution in [-0.2, 0) is 14.8 Å². The third kappa shape index (κ3) is 2.12. The molecule has 4 nitrogen and oxygen atoms in total. The molecule has 1 fully saturated rings. The highest BCUT2D eigenvalue weighted by Gasteiger charge is 2.45. The van der Waals surface area contributed by atoms with Crippen molar-refractivity contribution in [2.24, 2.45) is 0 Å². The summed E-state index contributed by atoms with van der Waals surface area (Å²) in [6.07, 6.45) is 0.929. The van der Waals surface area contributed by atoms with Crippen LogP contribution in [0, 0.1) is 6.92 Å². The molecule has 0 bridgehead atoms. The van der Waals surface area contributed by atoms with E-state index in [-0.39, 0.29) is 12.2 Å².